The van der Waals surface area contributed by atoms with Crippen molar-refractivity contribution in [3.05, 3.63) is 10.2 Å². The van der Waals surface area contributed by atoms with Crippen molar-refractivity contribution in [3.63, 3.8) is 0 Å². The van der Waals surface area contributed by atoms with Crippen molar-refractivity contribution >= 4 is 22.6 Å². The molecule has 0 fully saturated rings. The normalized spacial score (nSPS) is 12.8. The molecule has 60 valence electrons. The van der Waals surface area contributed by atoms with Crippen LogP contribution in [0.25, 0.3) is 0 Å². The number of nitrogens with one attached hydrogen (secondary N) is 1. The van der Waals surface area contributed by atoms with Gasteiger partial charge in [-0.05, 0) is 4.08 Å². The van der Waals surface area contributed by atoms with E-state index in [1.807, 2.05) is 22.6 Å². The molecule has 0 saturated heterocycles. The SMILES string of the molecule is FC(F)(F)CNC/C=C/I. The van der Waals surface area contributed by atoms with Crippen LogP contribution in [0, 0.1) is 0 Å². The second kappa shape index (κ2) is 4.95. The quantitative estimate of drug-likeness (QED) is 0.608. The van der Waals surface area contributed by atoms with Crippen molar-refractivity contribution in [1.29, 1.82) is 0 Å². The molecule has 10 heavy (non-hydrogen) atoms. The lowest BCUT2D eigenvalue weighted by Gasteiger charge is -2.04. The number of halogens is 4. The Kier molecular flexibility index (Phi) is 5.06. The maximum Gasteiger partial charge on any atom is 0.401 e. The zero-order chi connectivity index (χ0) is 8.04. The molecule has 0 aromatic heterocycles. The molecule has 1 N–H and O–H groups in total. The van der Waals surface area contributed by atoms with Crippen molar-refractivity contribution in [2.45, 2.75) is 6.18 Å². The first-order valence-corrected chi connectivity index (χ1v) is 3.83. The van der Waals surface area contributed by atoms with E-state index < -0.39 is 12.7 Å². The third kappa shape index (κ3) is 8.22. The summed E-state index contributed by atoms with van der Waals surface area (Å²) in [6.07, 6.45) is -2.48. The van der Waals surface area contributed by atoms with Gasteiger partial charge in [0, 0.05) is 6.54 Å². The first kappa shape index (κ1) is 10.2. The zero-order valence-corrected chi connectivity index (χ0v) is 7.24. The maximum absolute atomic E-state index is 11.4. The Bertz CT molecular complexity index is 110. The Labute approximate surface area is 70.8 Å². The van der Waals surface area contributed by atoms with Gasteiger partial charge in [0.1, 0.15) is 0 Å². The van der Waals surface area contributed by atoms with Gasteiger partial charge in [0.15, 0.2) is 0 Å². The molecule has 0 aliphatic rings. The molecule has 0 aliphatic heterocycles. The van der Waals surface area contributed by atoms with Gasteiger partial charge >= 0.3 is 6.18 Å². The number of alkyl halides is 3. The zero-order valence-electron chi connectivity index (χ0n) is 5.08. The molecule has 5 heteroatoms. The van der Waals surface area contributed by atoms with Crippen LogP contribution in [0.1, 0.15) is 0 Å². The Hall–Kier alpha value is 0.220. The summed E-state index contributed by atoms with van der Waals surface area (Å²) >= 11 is 1.95. The highest BCUT2D eigenvalue weighted by Gasteiger charge is 2.25. The van der Waals surface area contributed by atoms with Gasteiger partial charge in [0.2, 0.25) is 0 Å². The molecule has 0 radical (unpaired) electrons. The fourth-order valence-electron chi connectivity index (χ4n) is 0.342. The molecular weight excluding hydrogens is 258 g/mol. The Morgan fingerprint density at radius 3 is 2.40 bits per heavy atom. The van der Waals surface area contributed by atoms with Crippen LogP contribution in [-0.4, -0.2) is 19.3 Å². The van der Waals surface area contributed by atoms with E-state index in [0.29, 0.717) is 0 Å². The predicted octanol–water partition coefficient (Wildman–Crippen LogP) is 2.09. The molecule has 0 aliphatic carbocycles. The standard InChI is InChI=1S/C5H7F3IN/c6-5(7,8)4-10-3-1-2-9/h1-2,10H,3-4H2/b2-1+. The number of hydrogen-bond acceptors (Lipinski definition) is 1. The second-order valence-electron chi connectivity index (χ2n) is 1.61. The minimum absolute atomic E-state index is 0.266. The van der Waals surface area contributed by atoms with Crippen LogP contribution in [0.2, 0.25) is 0 Å². The van der Waals surface area contributed by atoms with Gasteiger partial charge in [-0.3, -0.25) is 0 Å². The van der Waals surface area contributed by atoms with Crippen molar-refractivity contribution in [3.8, 4) is 0 Å². The summed E-state index contributed by atoms with van der Waals surface area (Å²) in [5.74, 6) is 0. The molecular formula is C5H7F3IN. The smallest absolute Gasteiger partial charge is 0.305 e. The van der Waals surface area contributed by atoms with Gasteiger partial charge in [0.05, 0.1) is 6.54 Å². The van der Waals surface area contributed by atoms with Gasteiger partial charge in [-0.25, -0.2) is 0 Å². The summed E-state index contributed by atoms with van der Waals surface area (Å²) in [4.78, 5) is 0. The van der Waals surface area contributed by atoms with E-state index in [2.05, 4.69) is 5.32 Å². The van der Waals surface area contributed by atoms with E-state index in [4.69, 9.17) is 0 Å². The molecule has 0 unspecified atom stereocenters. The predicted molar refractivity (Wildman–Crippen MR) is 42.1 cm³/mol. The van der Waals surface area contributed by atoms with Crippen LogP contribution in [0.3, 0.4) is 0 Å². The molecule has 1 nitrogen and oxygen atoms in total. The maximum atomic E-state index is 11.4. The van der Waals surface area contributed by atoms with Crippen LogP contribution >= 0.6 is 22.6 Å². The summed E-state index contributed by atoms with van der Waals surface area (Å²) in [5.41, 5.74) is 0. The fourth-order valence-corrected chi connectivity index (χ4v) is 0.596. The molecule has 0 aromatic rings. The Morgan fingerprint density at radius 1 is 1.40 bits per heavy atom. The van der Waals surface area contributed by atoms with Gasteiger partial charge < -0.3 is 5.32 Å². The van der Waals surface area contributed by atoms with Crippen molar-refractivity contribution in [2.75, 3.05) is 13.1 Å². The molecule has 0 saturated carbocycles. The van der Waals surface area contributed by atoms with E-state index in [1.165, 1.54) is 0 Å². The van der Waals surface area contributed by atoms with Crippen molar-refractivity contribution in [1.82, 2.24) is 5.32 Å². The van der Waals surface area contributed by atoms with Crippen molar-refractivity contribution in [2.24, 2.45) is 0 Å². The minimum atomic E-state index is -4.10. The van der Waals surface area contributed by atoms with E-state index in [1.54, 1.807) is 10.2 Å². The van der Waals surface area contributed by atoms with Crippen LogP contribution in [0.4, 0.5) is 13.2 Å². The molecule has 0 spiro atoms. The van der Waals surface area contributed by atoms with E-state index in [-0.39, 0.29) is 6.54 Å². The third-order valence-electron chi connectivity index (χ3n) is 0.677. The molecule has 0 amide bonds. The molecule has 0 atom stereocenters. The largest absolute Gasteiger partial charge is 0.401 e. The van der Waals surface area contributed by atoms with E-state index >= 15 is 0 Å². The first-order valence-electron chi connectivity index (χ1n) is 2.59. The molecule has 0 aromatic carbocycles. The summed E-state index contributed by atoms with van der Waals surface area (Å²) in [7, 11) is 0. The number of hydrogen-bond donors (Lipinski definition) is 1. The summed E-state index contributed by atoms with van der Waals surface area (Å²) in [6, 6.07) is 0. The molecule has 0 bridgehead atoms. The van der Waals surface area contributed by atoms with Crippen molar-refractivity contribution < 1.29 is 13.2 Å². The average molecular weight is 265 g/mol. The van der Waals surface area contributed by atoms with Crippen LogP contribution < -0.4 is 5.32 Å². The van der Waals surface area contributed by atoms with Gasteiger partial charge in [-0.2, -0.15) is 13.2 Å². The van der Waals surface area contributed by atoms with Crippen LogP contribution in [-0.2, 0) is 0 Å². The van der Waals surface area contributed by atoms with Crippen LogP contribution in [0.15, 0.2) is 10.2 Å². The average Bonchev–Trinajstić information content (AvgIpc) is 1.78. The number of rotatable bonds is 3. The summed E-state index contributed by atoms with van der Waals surface area (Å²) in [6.45, 7) is -0.656. The fraction of sp³-hybridized carbons (Fsp3) is 0.600. The molecule has 0 rings (SSSR count). The van der Waals surface area contributed by atoms with Crippen LogP contribution in [0.5, 0.6) is 0 Å². The topological polar surface area (TPSA) is 12.0 Å². The third-order valence-corrected chi connectivity index (χ3v) is 1.19. The molecule has 0 heterocycles. The monoisotopic (exact) mass is 265 g/mol. The van der Waals surface area contributed by atoms with Gasteiger partial charge in [-0.1, -0.05) is 28.7 Å². The lowest BCUT2D eigenvalue weighted by atomic mass is 10.5. The summed E-state index contributed by atoms with van der Waals surface area (Å²) < 4.78 is 35.9. The minimum Gasteiger partial charge on any atom is -0.305 e. The van der Waals surface area contributed by atoms with E-state index in [0.717, 1.165) is 0 Å². The Balaban J connectivity index is 3.20. The van der Waals surface area contributed by atoms with Gasteiger partial charge in [0.25, 0.3) is 0 Å². The summed E-state index contributed by atoms with van der Waals surface area (Å²) in [5, 5.41) is 2.21. The highest BCUT2D eigenvalue weighted by molar-refractivity contribution is 14.1. The van der Waals surface area contributed by atoms with E-state index in [9.17, 15) is 13.2 Å². The highest BCUT2D eigenvalue weighted by Crippen LogP contribution is 2.11. The lowest BCUT2D eigenvalue weighted by molar-refractivity contribution is -0.124. The Morgan fingerprint density at radius 2 is 2.00 bits per heavy atom. The lowest BCUT2D eigenvalue weighted by Crippen LogP contribution is -2.28. The van der Waals surface area contributed by atoms with Gasteiger partial charge in [-0.15, -0.1) is 0 Å². The highest BCUT2D eigenvalue weighted by atomic mass is 127. The first-order chi connectivity index (χ1) is 4.56. The second-order valence-corrected chi connectivity index (χ2v) is 2.33.